The summed E-state index contributed by atoms with van der Waals surface area (Å²) in [5, 5.41) is 15.0. The average Bonchev–Trinajstić information content (AvgIpc) is 2.99. The van der Waals surface area contributed by atoms with Crippen molar-refractivity contribution in [1.82, 2.24) is 20.4 Å². The number of carbonyl (C=O) groups excluding carboxylic acids is 1. The molecule has 0 saturated carbocycles. The van der Waals surface area contributed by atoms with Gasteiger partial charge < -0.3 is 15.4 Å². The van der Waals surface area contributed by atoms with Gasteiger partial charge in [-0.3, -0.25) is 9.69 Å². The number of hydrogen-bond donors (Lipinski definition) is 2. The van der Waals surface area contributed by atoms with Crippen LogP contribution in [0, 0.1) is 0 Å². The smallest absolute Gasteiger partial charge is 0.282 e. The number of ether oxygens (including phenoxy) is 1. The molecule has 1 fully saturated rings. The van der Waals surface area contributed by atoms with E-state index in [2.05, 4.69) is 32.7 Å². The van der Waals surface area contributed by atoms with Crippen LogP contribution < -0.4 is 10.6 Å². The van der Waals surface area contributed by atoms with Crippen molar-refractivity contribution in [3.63, 3.8) is 0 Å². The third-order valence-electron chi connectivity index (χ3n) is 3.19. The normalized spacial score (nSPS) is 15.9. The Bertz CT molecular complexity index is 434. The molecule has 0 aliphatic carbocycles. The highest BCUT2D eigenvalue weighted by molar-refractivity contribution is 7.17. The zero-order valence-corrected chi connectivity index (χ0v) is 13.2. The molecule has 8 heteroatoms. The fraction of sp³-hybridized carbons (Fsp3) is 0.769. The number of nitrogens with zero attached hydrogens (tertiary/aromatic N) is 3. The van der Waals surface area contributed by atoms with Crippen molar-refractivity contribution < 1.29 is 9.53 Å². The molecule has 0 aromatic carbocycles. The molecular weight excluding hydrogens is 290 g/mol. The van der Waals surface area contributed by atoms with E-state index in [1.165, 1.54) is 11.3 Å². The summed E-state index contributed by atoms with van der Waals surface area (Å²) in [6.45, 7) is 8.16. The van der Waals surface area contributed by atoms with E-state index in [1.807, 2.05) is 0 Å². The lowest BCUT2D eigenvalue weighted by Gasteiger charge is -2.26. The molecule has 2 N–H and O–H groups in total. The molecule has 2 rings (SSSR count). The molecule has 1 aliphatic rings. The van der Waals surface area contributed by atoms with Gasteiger partial charge in [-0.25, -0.2) is 0 Å². The first-order valence-electron chi connectivity index (χ1n) is 7.45. The monoisotopic (exact) mass is 313 g/mol. The molecule has 1 saturated heterocycles. The minimum Gasteiger partial charge on any atom is -0.379 e. The van der Waals surface area contributed by atoms with Crippen molar-refractivity contribution >= 4 is 22.4 Å². The zero-order chi connectivity index (χ0) is 14.9. The maximum atomic E-state index is 11.9. The summed E-state index contributed by atoms with van der Waals surface area (Å²) in [6.07, 6.45) is 1.95. The number of anilines is 1. The minimum atomic E-state index is -0.140. The summed E-state index contributed by atoms with van der Waals surface area (Å²) in [6, 6.07) is 0. The second-order valence-electron chi connectivity index (χ2n) is 4.90. The van der Waals surface area contributed by atoms with Crippen LogP contribution in [-0.4, -0.2) is 66.9 Å². The van der Waals surface area contributed by atoms with Crippen LogP contribution in [0.15, 0.2) is 0 Å². The van der Waals surface area contributed by atoms with Crippen LogP contribution in [0.25, 0.3) is 0 Å². The predicted molar refractivity (Wildman–Crippen MR) is 82.9 cm³/mol. The molecule has 0 unspecified atom stereocenters. The van der Waals surface area contributed by atoms with Crippen LogP contribution in [0.3, 0.4) is 0 Å². The Hall–Kier alpha value is -1.25. The fourth-order valence-corrected chi connectivity index (χ4v) is 2.71. The van der Waals surface area contributed by atoms with Gasteiger partial charge in [-0.05, 0) is 19.4 Å². The first-order chi connectivity index (χ1) is 10.3. The molecule has 0 atom stereocenters. The van der Waals surface area contributed by atoms with Gasteiger partial charge in [0.2, 0.25) is 10.1 Å². The second-order valence-corrected chi connectivity index (χ2v) is 5.88. The van der Waals surface area contributed by atoms with Crippen LogP contribution in [0.1, 0.15) is 29.6 Å². The lowest BCUT2D eigenvalue weighted by molar-refractivity contribution is 0.0374. The topological polar surface area (TPSA) is 79.4 Å². The van der Waals surface area contributed by atoms with Gasteiger partial charge in [0.1, 0.15) is 0 Å². The molecule has 0 radical (unpaired) electrons. The van der Waals surface area contributed by atoms with Crippen LogP contribution in [-0.2, 0) is 4.74 Å². The van der Waals surface area contributed by atoms with E-state index < -0.39 is 0 Å². The lowest BCUT2D eigenvalue weighted by atomic mass is 10.3. The summed E-state index contributed by atoms with van der Waals surface area (Å²) >= 11 is 1.29. The van der Waals surface area contributed by atoms with Gasteiger partial charge in [-0.15, -0.1) is 10.2 Å². The Morgan fingerprint density at radius 2 is 2.14 bits per heavy atom. The van der Waals surface area contributed by atoms with Gasteiger partial charge in [0.15, 0.2) is 0 Å². The summed E-state index contributed by atoms with van der Waals surface area (Å²) in [4.78, 5) is 14.3. The van der Waals surface area contributed by atoms with Crippen molar-refractivity contribution in [2.75, 3.05) is 51.3 Å². The molecule has 1 aromatic heterocycles. The molecule has 21 heavy (non-hydrogen) atoms. The molecule has 2 heterocycles. The van der Waals surface area contributed by atoms with E-state index in [0.29, 0.717) is 16.7 Å². The third kappa shape index (κ3) is 5.56. The second kappa shape index (κ2) is 8.91. The zero-order valence-electron chi connectivity index (χ0n) is 12.4. The van der Waals surface area contributed by atoms with Crippen LogP contribution in [0.4, 0.5) is 5.13 Å². The molecule has 1 amide bonds. The van der Waals surface area contributed by atoms with E-state index in [1.54, 1.807) is 0 Å². The summed E-state index contributed by atoms with van der Waals surface area (Å²) in [5.41, 5.74) is 0. The Balaban J connectivity index is 1.63. The first-order valence-corrected chi connectivity index (χ1v) is 8.27. The standard InChI is InChI=1S/C13H23N5O2S/c1-2-4-15-13-17-16-12(21-13)11(19)14-5-3-6-18-7-9-20-10-8-18/h2-10H2,1H3,(H,14,19)(H,15,17). The Kier molecular flexibility index (Phi) is 6.84. The number of aromatic nitrogens is 2. The van der Waals surface area contributed by atoms with Gasteiger partial charge in [-0.2, -0.15) is 0 Å². The maximum absolute atomic E-state index is 11.9. The molecule has 1 aliphatic heterocycles. The largest absolute Gasteiger partial charge is 0.379 e. The van der Waals surface area contributed by atoms with Crippen LogP contribution >= 0.6 is 11.3 Å². The lowest BCUT2D eigenvalue weighted by Crippen LogP contribution is -2.38. The van der Waals surface area contributed by atoms with E-state index in [4.69, 9.17) is 4.74 Å². The van der Waals surface area contributed by atoms with Gasteiger partial charge in [0.05, 0.1) is 13.2 Å². The molecule has 0 spiro atoms. The molecule has 7 nitrogen and oxygen atoms in total. The van der Waals surface area contributed by atoms with E-state index in [0.717, 1.165) is 52.2 Å². The van der Waals surface area contributed by atoms with Crippen LogP contribution in [0.2, 0.25) is 0 Å². The summed E-state index contributed by atoms with van der Waals surface area (Å²) < 4.78 is 5.30. The Morgan fingerprint density at radius 1 is 1.33 bits per heavy atom. The SMILES string of the molecule is CCCNc1nnc(C(=O)NCCCN2CCOCC2)s1. The number of rotatable bonds is 8. The highest BCUT2D eigenvalue weighted by Crippen LogP contribution is 2.14. The number of nitrogens with one attached hydrogen (secondary N) is 2. The van der Waals surface area contributed by atoms with E-state index in [9.17, 15) is 4.79 Å². The summed E-state index contributed by atoms with van der Waals surface area (Å²) in [7, 11) is 0. The molecular formula is C13H23N5O2S. The van der Waals surface area contributed by atoms with Gasteiger partial charge in [-0.1, -0.05) is 18.3 Å². The predicted octanol–water partition coefficient (Wildman–Crippen LogP) is 0.812. The molecule has 0 bridgehead atoms. The van der Waals surface area contributed by atoms with Gasteiger partial charge in [0.25, 0.3) is 5.91 Å². The van der Waals surface area contributed by atoms with Crippen molar-refractivity contribution in [3.8, 4) is 0 Å². The Morgan fingerprint density at radius 3 is 2.90 bits per heavy atom. The summed E-state index contributed by atoms with van der Waals surface area (Å²) in [5.74, 6) is -0.140. The maximum Gasteiger partial charge on any atom is 0.282 e. The molecule has 118 valence electrons. The number of carbonyl (C=O) groups is 1. The number of amides is 1. The first kappa shape index (κ1) is 16.1. The molecule has 1 aromatic rings. The third-order valence-corrected chi connectivity index (χ3v) is 4.07. The van der Waals surface area contributed by atoms with E-state index in [-0.39, 0.29) is 5.91 Å². The Labute approximate surface area is 129 Å². The van der Waals surface area contributed by atoms with Crippen molar-refractivity contribution in [2.45, 2.75) is 19.8 Å². The van der Waals surface area contributed by atoms with Gasteiger partial charge >= 0.3 is 0 Å². The van der Waals surface area contributed by atoms with Crippen molar-refractivity contribution in [3.05, 3.63) is 5.01 Å². The number of hydrogen-bond acceptors (Lipinski definition) is 7. The van der Waals surface area contributed by atoms with Crippen molar-refractivity contribution in [1.29, 1.82) is 0 Å². The fourth-order valence-electron chi connectivity index (χ4n) is 2.02. The number of morpholine rings is 1. The minimum absolute atomic E-state index is 0.140. The highest BCUT2D eigenvalue weighted by Gasteiger charge is 2.13. The van der Waals surface area contributed by atoms with E-state index >= 15 is 0 Å². The highest BCUT2D eigenvalue weighted by atomic mass is 32.1. The quantitative estimate of drug-likeness (QED) is 0.692. The average molecular weight is 313 g/mol. The van der Waals surface area contributed by atoms with Gasteiger partial charge in [0, 0.05) is 26.2 Å². The van der Waals surface area contributed by atoms with Crippen molar-refractivity contribution in [2.24, 2.45) is 0 Å². The van der Waals surface area contributed by atoms with Crippen LogP contribution in [0.5, 0.6) is 0 Å².